The Morgan fingerprint density at radius 2 is 2.14 bits per heavy atom. The summed E-state index contributed by atoms with van der Waals surface area (Å²) in [7, 11) is -3.90. The van der Waals surface area contributed by atoms with Gasteiger partial charge in [0.15, 0.2) is 0 Å². The number of hydrogen-bond donors (Lipinski definition) is 2. The molecule has 0 amide bonds. The molecule has 0 spiro atoms. The molecule has 1 heterocycles. The number of aryl methyl sites for hydroxylation is 1. The van der Waals surface area contributed by atoms with Gasteiger partial charge in [0.1, 0.15) is 10.7 Å². The predicted octanol–water partition coefficient (Wildman–Crippen LogP) is 2.83. The Labute approximate surface area is 126 Å². The maximum absolute atomic E-state index is 13.8. The molecule has 4 nitrogen and oxygen atoms in total. The van der Waals surface area contributed by atoms with E-state index < -0.39 is 15.8 Å². The van der Waals surface area contributed by atoms with Gasteiger partial charge in [0, 0.05) is 16.6 Å². The van der Waals surface area contributed by atoms with Crippen molar-refractivity contribution < 1.29 is 12.8 Å². The molecule has 2 aromatic rings. The van der Waals surface area contributed by atoms with Crippen LogP contribution in [0.1, 0.15) is 29.3 Å². The highest BCUT2D eigenvalue weighted by molar-refractivity contribution is 7.89. The number of benzene rings is 1. The number of anilines is 1. The van der Waals surface area contributed by atoms with Crippen LogP contribution >= 0.6 is 11.3 Å². The number of sulfonamides is 1. The number of nitrogen functional groups attached to an aromatic ring is 1. The average Bonchev–Trinajstić information content (AvgIpc) is 2.87. The fourth-order valence-corrected chi connectivity index (χ4v) is 4.89. The van der Waals surface area contributed by atoms with E-state index in [2.05, 4.69) is 4.72 Å². The first-order chi connectivity index (χ1) is 9.97. The van der Waals surface area contributed by atoms with Crippen molar-refractivity contribution in [3.63, 3.8) is 0 Å². The van der Waals surface area contributed by atoms with Crippen molar-refractivity contribution in [2.75, 3.05) is 5.73 Å². The fourth-order valence-electron chi connectivity index (χ4n) is 2.59. The van der Waals surface area contributed by atoms with Crippen LogP contribution in [0, 0.1) is 5.82 Å². The highest BCUT2D eigenvalue weighted by Gasteiger charge is 2.28. The van der Waals surface area contributed by atoms with E-state index in [-0.39, 0.29) is 16.6 Å². The molecule has 1 atom stereocenters. The van der Waals surface area contributed by atoms with Gasteiger partial charge in [-0.05, 0) is 54.5 Å². The van der Waals surface area contributed by atoms with Gasteiger partial charge in [0.05, 0.1) is 0 Å². The molecule has 1 aromatic carbocycles. The lowest BCUT2D eigenvalue weighted by molar-refractivity contribution is 0.505. The minimum absolute atomic E-state index is 0.198. The predicted molar refractivity (Wildman–Crippen MR) is 81.1 cm³/mol. The van der Waals surface area contributed by atoms with Gasteiger partial charge < -0.3 is 5.73 Å². The zero-order valence-electron chi connectivity index (χ0n) is 11.2. The van der Waals surface area contributed by atoms with E-state index in [1.807, 2.05) is 11.4 Å². The second kappa shape index (κ2) is 5.40. The summed E-state index contributed by atoms with van der Waals surface area (Å²) in [6.07, 6.45) is 2.62. The molecule has 1 aliphatic rings. The van der Waals surface area contributed by atoms with E-state index in [4.69, 9.17) is 5.73 Å². The second-order valence-electron chi connectivity index (χ2n) is 5.06. The van der Waals surface area contributed by atoms with E-state index in [1.54, 1.807) is 11.3 Å². The number of rotatable bonds is 3. The third-order valence-corrected chi connectivity index (χ3v) is 6.10. The van der Waals surface area contributed by atoms with E-state index >= 15 is 0 Å². The SMILES string of the molecule is Nc1ccc(S(=O)(=O)NC2CCCc3sccc32)c(F)c1. The Morgan fingerprint density at radius 1 is 1.33 bits per heavy atom. The maximum Gasteiger partial charge on any atom is 0.244 e. The summed E-state index contributed by atoms with van der Waals surface area (Å²) in [5, 5.41) is 1.96. The van der Waals surface area contributed by atoms with Crippen LogP contribution in [-0.4, -0.2) is 8.42 Å². The summed E-state index contributed by atoms with van der Waals surface area (Å²) in [5.41, 5.74) is 6.65. The van der Waals surface area contributed by atoms with Crippen LogP contribution in [0.4, 0.5) is 10.1 Å². The van der Waals surface area contributed by atoms with Crippen LogP contribution in [0.2, 0.25) is 0 Å². The Bertz CT molecular complexity index is 771. The molecule has 0 saturated carbocycles. The van der Waals surface area contributed by atoms with Crippen molar-refractivity contribution in [2.45, 2.75) is 30.2 Å². The Kier molecular flexibility index (Phi) is 3.73. The van der Waals surface area contributed by atoms with Gasteiger partial charge in [-0.1, -0.05) is 0 Å². The van der Waals surface area contributed by atoms with Crippen molar-refractivity contribution in [3.8, 4) is 0 Å². The van der Waals surface area contributed by atoms with Gasteiger partial charge in [0.25, 0.3) is 0 Å². The Balaban J connectivity index is 1.91. The first-order valence-corrected chi connectivity index (χ1v) is 8.97. The molecule has 1 aromatic heterocycles. The molecule has 0 fully saturated rings. The highest BCUT2D eigenvalue weighted by atomic mass is 32.2. The van der Waals surface area contributed by atoms with E-state index in [0.717, 1.165) is 30.9 Å². The van der Waals surface area contributed by atoms with E-state index in [1.165, 1.54) is 17.0 Å². The summed E-state index contributed by atoms with van der Waals surface area (Å²) in [6.45, 7) is 0. The first-order valence-electron chi connectivity index (χ1n) is 6.61. The van der Waals surface area contributed by atoms with Crippen LogP contribution in [0.15, 0.2) is 34.5 Å². The number of fused-ring (bicyclic) bond motifs is 1. The number of hydrogen-bond acceptors (Lipinski definition) is 4. The van der Waals surface area contributed by atoms with Gasteiger partial charge in [-0.2, -0.15) is 0 Å². The first kappa shape index (κ1) is 14.5. The smallest absolute Gasteiger partial charge is 0.244 e. The largest absolute Gasteiger partial charge is 0.399 e. The number of nitrogens with two attached hydrogens (primary N) is 1. The van der Waals surface area contributed by atoms with Crippen LogP contribution in [0.5, 0.6) is 0 Å². The molecule has 3 N–H and O–H groups in total. The minimum atomic E-state index is -3.90. The molecular weight excluding hydrogens is 311 g/mol. The average molecular weight is 326 g/mol. The molecule has 7 heteroatoms. The molecule has 0 saturated heterocycles. The quantitative estimate of drug-likeness (QED) is 0.852. The van der Waals surface area contributed by atoms with Crippen LogP contribution in [-0.2, 0) is 16.4 Å². The lowest BCUT2D eigenvalue weighted by Crippen LogP contribution is -2.31. The van der Waals surface area contributed by atoms with Crippen molar-refractivity contribution in [1.82, 2.24) is 4.72 Å². The fraction of sp³-hybridized carbons (Fsp3) is 0.286. The normalized spacial score (nSPS) is 18.4. The van der Waals surface area contributed by atoms with Gasteiger partial charge in [-0.25, -0.2) is 17.5 Å². The molecule has 3 rings (SSSR count). The minimum Gasteiger partial charge on any atom is -0.399 e. The highest BCUT2D eigenvalue weighted by Crippen LogP contribution is 2.34. The third kappa shape index (κ3) is 2.81. The molecule has 21 heavy (non-hydrogen) atoms. The number of nitrogens with one attached hydrogen (secondary N) is 1. The zero-order chi connectivity index (χ0) is 15.0. The maximum atomic E-state index is 13.8. The van der Waals surface area contributed by atoms with E-state index in [9.17, 15) is 12.8 Å². The molecule has 1 unspecified atom stereocenters. The summed E-state index contributed by atoms with van der Waals surface area (Å²) in [5.74, 6) is -0.830. The van der Waals surface area contributed by atoms with Crippen molar-refractivity contribution >= 4 is 27.0 Å². The molecular formula is C14H15FN2O2S2. The lowest BCUT2D eigenvalue weighted by Gasteiger charge is -2.23. The molecule has 112 valence electrons. The molecule has 1 aliphatic carbocycles. The van der Waals surface area contributed by atoms with Crippen LogP contribution < -0.4 is 10.5 Å². The molecule has 0 radical (unpaired) electrons. The third-order valence-electron chi connectivity index (χ3n) is 3.59. The van der Waals surface area contributed by atoms with E-state index in [0.29, 0.717) is 0 Å². The summed E-state index contributed by atoms with van der Waals surface area (Å²) in [6, 6.07) is 5.25. The lowest BCUT2D eigenvalue weighted by atomic mass is 9.95. The standard InChI is InChI=1S/C14H15FN2O2S2/c15-11-8-9(16)4-5-14(11)21(18,19)17-12-2-1-3-13-10(12)6-7-20-13/h4-8,12,17H,1-3,16H2. The summed E-state index contributed by atoms with van der Waals surface area (Å²) < 4.78 is 41.2. The van der Waals surface area contributed by atoms with Crippen LogP contribution in [0.3, 0.4) is 0 Å². The van der Waals surface area contributed by atoms with Gasteiger partial charge in [-0.3, -0.25) is 0 Å². The number of thiophene rings is 1. The van der Waals surface area contributed by atoms with Crippen molar-refractivity contribution in [3.05, 3.63) is 45.9 Å². The van der Waals surface area contributed by atoms with Crippen LogP contribution in [0.25, 0.3) is 0 Å². The zero-order valence-corrected chi connectivity index (χ0v) is 12.8. The van der Waals surface area contributed by atoms with Gasteiger partial charge >= 0.3 is 0 Å². The van der Waals surface area contributed by atoms with Gasteiger partial charge in [0.2, 0.25) is 10.0 Å². The second-order valence-corrected chi connectivity index (χ2v) is 7.74. The summed E-state index contributed by atoms with van der Waals surface area (Å²) >= 11 is 1.63. The summed E-state index contributed by atoms with van der Waals surface area (Å²) in [4.78, 5) is 0.839. The number of halogens is 1. The molecule has 0 aliphatic heterocycles. The Morgan fingerprint density at radius 3 is 2.90 bits per heavy atom. The molecule has 0 bridgehead atoms. The van der Waals surface area contributed by atoms with Gasteiger partial charge in [-0.15, -0.1) is 11.3 Å². The Hall–Kier alpha value is -1.44. The van der Waals surface area contributed by atoms with Crippen molar-refractivity contribution in [2.24, 2.45) is 0 Å². The topological polar surface area (TPSA) is 72.2 Å². The monoisotopic (exact) mass is 326 g/mol. The van der Waals surface area contributed by atoms with Crippen molar-refractivity contribution in [1.29, 1.82) is 0 Å².